The Morgan fingerprint density at radius 1 is 0.792 bits per heavy atom. The summed E-state index contributed by atoms with van der Waals surface area (Å²) in [6.07, 6.45) is 11.2. The predicted octanol–water partition coefficient (Wildman–Crippen LogP) is 9.30. The normalized spacial score (nSPS) is 9.21. The van der Waals surface area contributed by atoms with Crippen molar-refractivity contribution >= 4 is 0 Å². The third-order valence-electron chi connectivity index (χ3n) is 2.04. The van der Waals surface area contributed by atoms with Crippen LogP contribution in [0.1, 0.15) is 130 Å². The molecule has 0 rings (SSSR count). The van der Waals surface area contributed by atoms with E-state index in [2.05, 4.69) is 60.6 Å². The van der Waals surface area contributed by atoms with Crippen molar-refractivity contribution < 1.29 is 5.11 Å². The number of hydrogen-bond acceptors (Lipinski definition) is 1. The van der Waals surface area contributed by atoms with Crippen molar-refractivity contribution in [1.82, 2.24) is 0 Å². The number of hydrogen-bond donors (Lipinski definition) is 1. The smallest absolute Gasteiger partial charge is 0.0512 e. The lowest BCUT2D eigenvalue weighted by molar-refractivity contribution is 0.183. The van der Waals surface area contributed by atoms with E-state index >= 15 is 0 Å². The molecular weight excluding hydrogens is 292 g/mol. The lowest BCUT2D eigenvalue weighted by atomic mass is 10.1. The van der Waals surface area contributed by atoms with E-state index < -0.39 is 0 Å². The van der Waals surface area contributed by atoms with Gasteiger partial charge in [0.05, 0.1) is 6.10 Å². The van der Waals surface area contributed by atoms with Gasteiger partial charge in [0.2, 0.25) is 0 Å². The lowest BCUT2D eigenvalue weighted by Gasteiger charge is -1.95. The summed E-state index contributed by atoms with van der Waals surface area (Å²) in [5.41, 5.74) is 0. The Bertz CT molecular complexity index is 127. The van der Waals surface area contributed by atoms with Crippen LogP contribution in [0.25, 0.3) is 0 Å². The van der Waals surface area contributed by atoms with E-state index in [-0.39, 0.29) is 21.0 Å². The molecule has 0 aliphatic rings. The Labute approximate surface area is 159 Å². The van der Waals surface area contributed by atoms with Crippen molar-refractivity contribution in [2.75, 3.05) is 0 Å². The van der Waals surface area contributed by atoms with Crippen LogP contribution in [0, 0.1) is 5.92 Å². The molecule has 0 spiro atoms. The van der Waals surface area contributed by atoms with Gasteiger partial charge in [-0.3, -0.25) is 0 Å². The largest absolute Gasteiger partial charge is 0.393 e. The standard InChI is InChI=1S/C6H14.C5H12O.C5H10.C3H8.C2H6.2CH4/c1-4-5-6(2)3;1-3-4-5(2)6;1-3-5-4-2;1-3-2;1-2;;/h6H,4-5H2,1-3H3;5-6H,3-4H2,1-2H3;3,5H,4H2,1-2H3;3H2,1-2H3;1-2H3;2*1H4. The van der Waals surface area contributed by atoms with Crippen molar-refractivity contribution in [2.24, 2.45) is 5.92 Å². The maximum Gasteiger partial charge on any atom is 0.0512 e. The van der Waals surface area contributed by atoms with Gasteiger partial charge in [-0.25, -0.2) is 0 Å². The molecular formula is C23H58O. The maximum atomic E-state index is 8.55. The summed E-state index contributed by atoms with van der Waals surface area (Å²) in [5, 5.41) is 8.55. The molecule has 0 heterocycles. The lowest BCUT2D eigenvalue weighted by Crippen LogP contribution is -1.95. The average Bonchev–Trinajstić information content (AvgIpc) is 2.44. The number of aliphatic hydroxyl groups is 1. The Morgan fingerprint density at radius 3 is 1.12 bits per heavy atom. The van der Waals surface area contributed by atoms with Crippen LogP contribution in [0.5, 0.6) is 0 Å². The zero-order chi connectivity index (χ0) is 18.8. The second-order valence-electron chi connectivity index (χ2n) is 5.50. The summed E-state index contributed by atoms with van der Waals surface area (Å²) in [7, 11) is 0. The first-order valence-electron chi connectivity index (χ1n) is 9.66. The van der Waals surface area contributed by atoms with Gasteiger partial charge in [0.15, 0.2) is 0 Å². The first-order chi connectivity index (χ1) is 10.4. The van der Waals surface area contributed by atoms with Gasteiger partial charge < -0.3 is 5.11 Å². The van der Waals surface area contributed by atoms with Crippen molar-refractivity contribution in [3.63, 3.8) is 0 Å². The highest BCUT2D eigenvalue weighted by molar-refractivity contribution is 4.73. The molecule has 0 aromatic rings. The maximum absolute atomic E-state index is 8.55. The minimum Gasteiger partial charge on any atom is -0.393 e. The molecule has 0 aromatic carbocycles. The Kier molecular flexibility index (Phi) is 104. The minimum absolute atomic E-state index is 0. The number of allylic oxidation sites excluding steroid dienone is 2. The van der Waals surface area contributed by atoms with E-state index in [1.54, 1.807) is 0 Å². The van der Waals surface area contributed by atoms with Crippen LogP contribution < -0.4 is 0 Å². The zero-order valence-corrected chi connectivity index (χ0v) is 18.0. The highest BCUT2D eigenvalue weighted by Crippen LogP contribution is 2.00. The fourth-order valence-electron chi connectivity index (χ4n) is 1.23. The van der Waals surface area contributed by atoms with Crippen molar-refractivity contribution in [3.8, 4) is 0 Å². The summed E-state index contributed by atoms with van der Waals surface area (Å²) >= 11 is 0. The van der Waals surface area contributed by atoms with Gasteiger partial charge >= 0.3 is 0 Å². The van der Waals surface area contributed by atoms with Gasteiger partial charge in [0, 0.05) is 0 Å². The molecule has 0 bridgehead atoms. The highest BCUT2D eigenvalue weighted by atomic mass is 16.3. The zero-order valence-electron chi connectivity index (χ0n) is 18.0. The second-order valence-corrected chi connectivity index (χ2v) is 5.50. The Hall–Kier alpha value is -0.300. The molecule has 0 aliphatic heterocycles. The summed E-state index contributed by atoms with van der Waals surface area (Å²) in [6.45, 7) is 23.0. The monoisotopic (exact) mass is 350 g/mol. The SMILES string of the molecule is C.C.CC.CC=CCC.CCC.CCCC(C)C.CCCC(C)O. The van der Waals surface area contributed by atoms with Crippen LogP contribution in [-0.2, 0) is 0 Å². The first kappa shape index (κ1) is 43.8. The van der Waals surface area contributed by atoms with Crippen LogP contribution in [0.2, 0.25) is 0 Å². The molecule has 1 unspecified atom stereocenters. The van der Waals surface area contributed by atoms with Crippen LogP contribution >= 0.6 is 0 Å². The molecule has 24 heavy (non-hydrogen) atoms. The van der Waals surface area contributed by atoms with E-state index in [0.29, 0.717) is 0 Å². The van der Waals surface area contributed by atoms with E-state index in [1.807, 2.05) is 27.7 Å². The van der Waals surface area contributed by atoms with E-state index in [9.17, 15) is 0 Å². The van der Waals surface area contributed by atoms with Gasteiger partial charge in [0.1, 0.15) is 0 Å². The molecule has 0 amide bonds. The van der Waals surface area contributed by atoms with Gasteiger partial charge in [-0.2, -0.15) is 0 Å². The molecule has 1 N–H and O–H groups in total. The van der Waals surface area contributed by atoms with Crippen molar-refractivity contribution in [2.45, 2.75) is 136 Å². The number of aliphatic hydroxyl groups excluding tert-OH is 1. The molecule has 1 heteroatoms. The molecule has 0 saturated heterocycles. The van der Waals surface area contributed by atoms with Gasteiger partial charge in [-0.15, -0.1) is 0 Å². The molecule has 0 radical (unpaired) electrons. The molecule has 0 saturated carbocycles. The quantitative estimate of drug-likeness (QED) is 0.489. The first-order valence-corrected chi connectivity index (χ1v) is 9.66. The van der Waals surface area contributed by atoms with Gasteiger partial charge in [0.25, 0.3) is 0 Å². The van der Waals surface area contributed by atoms with Gasteiger partial charge in [-0.1, -0.05) is 115 Å². The summed E-state index contributed by atoms with van der Waals surface area (Å²) < 4.78 is 0. The Morgan fingerprint density at radius 2 is 1.12 bits per heavy atom. The molecule has 0 aromatic heterocycles. The van der Waals surface area contributed by atoms with E-state index in [4.69, 9.17) is 5.11 Å². The molecule has 0 fully saturated rings. The summed E-state index contributed by atoms with van der Waals surface area (Å²) in [5.74, 6) is 0.898. The second kappa shape index (κ2) is 57.0. The molecule has 1 atom stereocenters. The fourth-order valence-corrected chi connectivity index (χ4v) is 1.23. The molecule has 156 valence electrons. The Balaban J connectivity index is -0.0000000308. The highest BCUT2D eigenvalue weighted by Gasteiger charge is 1.87. The van der Waals surface area contributed by atoms with Crippen molar-refractivity contribution in [3.05, 3.63) is 12.2 Å². The summed E-state index contributed by atoms with van der Waals surface area (Å²) in [6, 6.07) is 0. The summed E-state index contributed by atoms with van der Waals surface area (Å²) in [4.78, 5) is 0. The van der Waals surface area contributed by atoms with Gasteiger partial charge in [-0.05, 0) is 32.6 Å². The third kappa shape index (κ3) is 157. The molecule has 0 aliphatic carbocycles. The average molecular weight is 351 g/mol. The van der Waals surface area contributed by atoms with Crippen LogP contribution in [0.4, 0.5) is 0 Å². The van der Waals surface area contributed by atoms with Crippen LogP contribution in [0.15, 0.2) is 12.2 Å². The minimum atomic E-state index is -0.102. The third-order valence-corrected chi connectivity index (χ3v) is 2.04. The van der Waals surface area contributed by atoms with Crippen molar-refractivity contribution in [1.29, 1.82) is 0 Å². The van der Waals surface area contributed by atoms with Crippen LogP contribution in [-0.4, -0.2) is 11.2 Å². The molecule has 1 nitrogen and oxygen atoms in total. The van der Waals surface area contributed by atoms with Crippen LogP contribution in [0.3, 0.4) is 0 Å². The fraction of sp³-hybridized carbons (Fsp3) is 0.913. The van der Waals surface area contributed by atoms with E-state index in [1.165, 1.54) is 19.3 Å². The topological polar surface area (TPSA) is 20.2 Å². The number of rotatable bonds is 5. The van der Waals surface area contributed by atoms with E-state index in [0.717, 1.165) is 25.2 Å². The predicted molar refractivity (Wildman–Crippen MR) is 122 cm³/mol.